The third kappa shape index (κ3) is 3.91. The van der Waals surface area contributed by atoms with Crippen molar-refractivity contribution in [1.82, 2.24) is 5.43 Å². The Morgan fingerprint density at radius 2 is 2.12 bits per heavy atom. The average molecular weight is 220 g/mol. The fourth-order valence-electron chi connectivity index (χ4n) is 1.04. The SMILES string of the molecule is CC(=O)CC(=O)N/N=C/c1ccccc1O. The molecule has 0 fully saturated rings. The van der Waals surface area contributed by atoms with Crippen molar-refractivity contribution in [3.8, 4) is 5.75 Å². The number of phenolic OH excluding ortho intramolecular Hbond substituents is 1. The highest BCUT2D eigenvalue weighted by Crippen LogP contribution is 2.12. The predicted molar refractivity (Wildman–Crippen MR) is 59.1 cm³/mol. The summed E-state index contributed by atoms with van der Waals surface area (Å²) < 4.78 is 0. The zero-order valence-corrected chi connectivity index (χ0v) is 8.80. The van der Waals surface area contributed by atoms with Gasteiger partial charge in [-0.05, 0) is 19.1 Å². The molecule has 16 heavy (non-hydrogen) atoms. The van der Waals surface area contributed by atoms with Crippen LogP contribution in [-0.4, -0.2) is 23.0 Å². The molecule has 1 rings (SSSR count). The predicted octanol–water partition coefficient (Wildman–Crippen LogP) is 0.821. The molecule has 0 saturated heterocycles. The summed E-state index contributed by atoms with van der Waals surface area (Å²) in [6.45, 7) is 1.33. The molecule has 0 radical (unpaired) electrons. The molecule has 2 N–H and O–H groups in total. The number of aromatic hydroxyl groups is 1. The van der Waals surface area contributed by atoms with Gasteiger partial charge in [-0.25, -0.2) is 5.43 Å². The molecule has 84 valence electrons. The fraction of sp³-hybridized carbons (Fsp3) is 0.182. The first kappa shape index (κ1) is 11.9. The number of para-hydroxylation sites is 1. The second kappa shape index (κ2) is 5.65. The van der Waals surface area contributed by atoms with Gasteiger partial charge in [0.15, 0.2) is 0 Å². The number of benzene rings is 1. The highest BCUT2D eigenvalue weighted by atomic mass is 16.3. The van der Waals surface area contributed by atoms with Crippen LogP contribution >= 0.6 is 0 Å². The number of nitrogens with one attached hydrogen (secondary N) is 1. The lowest BCUT2D eigenvalue weighted by atomic mass is 10.2. The third-order valence-corrected chi connectivity index (χ3v) is 1.74. The first-order chi connectivity index (χ1) is 7.59. The Labute approximate surface area is 92.8 Å². The zero-order valence-electron chi connectivity index (χ0n) is 8.80. The second-order valence-electron chi connectivity index (χ2n) is 3.23. The number of rotatable bonds is 4. The molecule has 0 heterocycles. The summed E-state index contributed by atoms with van der Waals surface area (Å²) in [5.41, 5.74) is 2.68. The van der Waals surface area contributed by atoms with Crippen LogP contribution in [0.3, 0.4) is 0 Å². The molecule has 0 spiro atoms. The number of carbonyl (C=O) groups excluding carboxylic acids is 2. The van der Waals surface area contributed by atoms with Crippen molar-refractivity contribution in [2.24, 2.45) is 5.10 Å². The molecule has 0 aromatic heterocycles. The van der Waals surface area contributed by atoms with E-state index in [1.54, 1.807) is 18.2 Å². The number of carbonyl (C=O) groups is 2. The largest absolute Gasteiger partial charge is 0.507 e. The van der Waals surface area contributed by atoms with Crippen LogP contribution in [0.1, 0.15) is 18.9 Å². The molecule has 1 amide bonds. The Morgan fingerprint density at radius 3 is 2.75 bits per heavy atom. The molecule has 0 saturated carbocycles. The molecule has 0 aliphatic heterocycles. The molecular formula is C11H12N2O3. The maximum Gasteiger partial charge on any atom is 0.247 e. The van der Waals surface area contributed by atoms with Crippen LogP contribution in [0.5, 0.6) is 5.75 Å². The number of hydrogen-bond donors (Lipinski definition) is 2. The maximum atomic E-state index is 11.0. The lowest BCUT2D eigenvalue weighted by Crippen LogP contribution is -2.19. The summed E-state index contributed by atoms with van der Waals surface area (Å²) in [7, 11) is 0. The minimum absolute atomic E-state index is 0.0760. The van der Waals surface area contributed by atoms with Crippen molar-refractivity contribution in [1.29, 1.82) is 0 Å². The second-order valence-corrected chi connectivity index (χ2v) is 3.23. The van der Waals surface area contributed by atoms with E-state index in [9.17, 15) is 14.7 Å². The number of amides is 1. The number of Topliss-reactive ketones (excluding diaryl/α,β-unsaturated/α-hetero) is 1. The van der Waals surface area contributed by atoms with E-state index in [4.69, 9.17) is 0 Å². The summed E-state index contributed by atoms with van der Waals surface area (Å²) in [6.07, 6.45) is 1.12. The van der Waals surface area contributed by atoms with Crippen molar-refractivity contribution in [2.75, 3.05) is 0 Å². The fourth-order valence-corrected chi connectivity index (χ4v) is 1.04. The third-order valence-electron chi connectivity index (χ3n) is 1.74. The maximum absolute atomic E-state index is 11.0. The highest BCUT2D eigenvalue weighted by molar-refractivity contribution is 5.97. The summed E-state index contributed by atoms with van der Waals surface area (Å²) >= 11 is 0. The molecule has 1 aromatic carbocycles. The Balaban J connectivity index is 2.52. The van der Waals surface area contributed by atoms with Gasteiger partial charge in [0.05, 0.1) is 12.6 Å². The van der Waals surface area contributed by atoms with E-state index in [-0.39, 0.29) is 18.0 Å². The van der Waals surface area contributed by atoms with Gasteiger partial charge in [-0.2, -0.15) is 5.10 Å². The van der Waals surface area contributed by atoms with E-state index in [0.29, 0.717) is 5.56 Å². The van der Waals surface area contributed by atoms with Gasteiger partial charge in [0.1, 0.15) is 11.5 Å². The first-order valence-electron chi connectivity index (χ1n) is 4.69. The topological polar surface area (TPSA) is 78.8 Å². The number of phenols is 1. The lowest BCUT2D eigenvalue weighted by Gasteiger charge is -1.98. The van der Waals surface area contributed by atoms with E-state index in [1.165, 1.54) is 19.2 Å². The van der Waals surface area contributed by atoms with E-state index >= 15 is 0 Å². The minimum atomic E-state index is -0.473. The normalized spacial score (nSPS) is 10.3. The van der Waals surface area contributed by atoms with Crippen LogP contribution < -0.4 is 5.43 Å². The Morgan fingerprint density at radius 1 is 1.44 bits per heavy atom. The Kier molecular flexibility index (Phi) is 4.20. The monoisotopic (exact) mass is 220 g/mol. The van der Waals surface area contributed by atoms with Gasteiger partial charge >= 0.3 is 0 Å². The Hall–Kier alpha value is -2.17. The van der Waals surface area contributed by atoms with Crippen molar-refractivity contribution in [3.63, 3.8) is 0 Å². The van der Waals surface area contributed by atoms with E-state index in [0.717, 1.165) is 0 Å². The van der Waals surface area contributed by atoms with Gasteiger partial charge in [-0.15, -0.1) is 0 Å². The van der Waals surface area contributed by atoms with Crippen LogP contribution in [-0.2, 0) is 9.59 Å². The molecule has 0 unspecified atom stereocenters. The van der Waals surface area contributed by atoms with Crippen LogP contribution in [0, 0.1) is 0 Å². The van der Waals surface area contributed by atoms with Crippen molar-refractivity contribution in [2.45, 2.75) is 13.3 Å². The Bertz CT molecular complexity index is 427. The van der Waals surface area contributed by atoms with Gasteiger partial charge in [0.25, 0.3) is 0 Å². The summed E-state index contributed by atoms with van der Waals surface area (Å²) in [5, 5.41) is 13.0. The molecule has 0 aliphatic carbocycles. The lowest BCUT2D eigenvalue weighted by molar-refractivity contribution is -0.127. The summed E-state index contributed by atoms with van der Waals surface area (Å²) in [5.74, 6) is -0.624. The van der Waals surface area contributed by atoms with E-state index < -0.39 is 5.91 Å². The van der Waals surface area contributed by atoms with E-state index in [1.807, 2.05) is 0 Å². The van der Waals surface area contributed by atoms with Crippen molar-refractivity contribution in [3.05, 3.63) is 29.8 Å². The first-order valence-corrected chi connectivity index (χ1v) is 4.69. The number of nitrogens with zero attached hydrogens (tertiary/aromatic N) is 1. The molecule has 5 heteroatoms. The quantitative estimate of drug-likeness (QED) is 0.448. The smallest absolute Gasteiger partial charge is 0.247 e. The van der Waals surface area contributed by atoms with Gasteiger partial charge in [-0.3, -0.25) is 9.59 Å². The molecule has 5 nitrogen and oxygen atoms in total. The zero-order chi connectivity index (χ0) is 12.0. The van der Waals surface area contributed by atoms with Crippen LogP contribution in [0.15, 0.2) is 29.4 Å². The van der Waals surface area contributed by atoms with Gasteiger partial charge in [-0.1, -0.05) is 12.1 Å². The number of hydrazone groups is 1. The minimum Gasteiger partial charge on any atom is -0.507 e. The van der Waals surface area contributed by atoms with Crippen LogP contribution in [0.4, 0.5) is 0 Å². The summed E-state index contributed by atoms with van der Waals surface area (Å²) in [6, 6.07) is 6.58. The molecule has 0 aliphatic rings. The molecule has 1 aromatic rings. The van der Waals surface area contributed by atoms with Crippen LogP contribution in [0.25, 0.3) is 0 Å². The highest BCUT2D eigenvalue weighted by Gasteiger charge is 2.02. The molecular weight excluding hydrogens is 208 g/mol. The molecule has 0 atom stereocenters. The number of hydrogen-bond acceptors (Lipinski definition) is 4. The van der Waals surface area contributed by atoms with Crippen LogP contribution in [0.2, 0.25) is 0 Å². The number of ketones is 1. The van der Waals surface area contributed by atoms with Crippen molar-refractivity contribution >= 4 is 17.9 Å². The van der Waals surface area contributed by atoms with Gasteiger partial charge < -0.3 is 5.11 Å². The van der Waals surface area contributed by atoms with E-state index in [2.05, 4.69) is 10.5 Å². The summed E-state index contributed by atoms with van der Waals surface area (Å²) in [4.78, 5) is 21.6. The van der Waals surface area contributed by atoms with Gasteiger partial charge in [0, 0.05) is 5.56 Å². The molecule has 0 bridgehead atoms. The standard InChI is InChI=1S/C11H12N2O3/c1-8(14)6-11(16)13-12-7-9-4-2-3-5-10(9)15/h2-5,7,15H,6H2,1H3,(H,13,16)/b12-7+. The average Bonchev–Trinajstić information content (AvgIpc) is 2.19. The van der Waals surface area contributed by atoms with Crippen molar-refractivity contribution < 1.29 is 14.7 Å². The van der Waals surface area contributed by atoms with Gasteiger partial charge in [0.2, 0.25) is 5.91 Å².